The zero-order chi connectivity index (χ0) is 13.0. The second-order valence-corrected chi connectivity index (χ2v) is 3.75. The number of nitro benzene ring substituents is 1. The van der Waals surface area contributed by atoms with Crippen molar-refractivity contribution in [2.75, 3.05) is 13.7 Å². The van der Waals surface area contributed by atoms with Gasteiger partial charge in [0.2, 0.25) is 5.75 Å². The molecule has 7 heteroatoms. The summed E-state index contributed by atoms with van der Waals surface area (Å²) in [6.45, 7) is 1.90. The molecule has 0 heterocycles. The summed E-state index contributed by atoms with van der Waals surface area (Å²) in [7, 11) is 1.29. The Morgan fingerprint density at radius 1 is 1.53 bits per heavy atom. The fourth-order valence-electron chi connectivity index (χ4n) is 1.25. The molecule has 1 aromatic rings. The fourth-order valence-corrected chi connectivity index (χ4v) is 1.91. The van der Waals surface area contributed by atoms with Crippen molar-refractivity contribution in [3.63, 3.8) is 0 Å². The molecule has 0 aliphatic rings. The van der Waals surface area contributed by atoms with E-state index in [2.05, 4.69) is 15.9 Å². The second-order valence-electron chi connectivity index (χ2n) is 2.96. The van der Waals surface area contributed by atoms with E-state index in [9.17, 15) is 14.9 Å². The van der Waals surface area contributed by atoms with Crippen molar-refractivity contribution in [3.8, 4) is 5.75 Å². The number of nitro groups is 1. The zero-order valence-corrected chi connectivity index (χ0v) is 10.8. The van der Waals surface area contributed by atoms with E-state index in [1.54, 1.807) is 6.92 Å². The van der Waals surface area contributed by atoms with Gasteiger partial charge in [-0.1, -0.05) is 0 Å². The van der Waals surface area contributed by atoms with Crippen LogP contribution in [-0.2, 0) is 4.74 Å². The van der Waals surface area contributed by atoms with Gasteiger partial charge < -0.3 is 9.47 Å². The minimum Gasteiger partial charge on any atom is -0.489 e. The maximum absolute atomic E-state index is 11.5. The third-order valence-electron chi connectivity index (χ3n) is 1.97. The number of benzene rings is 1. The Morgan fingerprint density at radius 2 is 2.18 bits per heavy atom. The molecule has 0 aliphatic heterocycles. The van der Waals surface area contributed by atoms with Gasteiger partial charge in [0.15, 0.2) is 0 Å². The molecule has 0 N–H and O–H groups in total. The van der Waals surface area contributed by atoms with E-state index in [1.165, 1.54) is 19.2 Å². The number of esters is 1. The van der Waals surface area contributed by atoms with Gasteiger partial charge in [-0.05, 0) is 28.9 Å². The first-order valence-electron chi connectivity index (χ1n) is 4.70. The third kappa shape index (κ3) is 2.73. The molecule has 0 aliphatic carbocycles. The molecule has 0 aromatic heterocycles. The number of ether oxygens (including phenoxy) is 2. The highest BCUT2D eigenvalue weighted by atomic mass is 79.9. The maximum atomic E-state index is 11.5. The molecule has 0 amide bonds. The van der Waals surface area contributed by atoms with Crippen LogP contribution in [0.25, 0.3) is 0 Å². The number of rotatable bonds is 4. The lowest BCUT2D eigenvalue weighted by Crippen LogP contribution is -2.07. The molecule has 0 saturated carbocycles. The SMILES string of the molecule is CCOC(=O)c1ccc([N+](=O)[O-])c(OC)c1Br. The number of methoxy groups -OCH3 is 1. The van der Waals surface area contributed by atoms with Crippen molar-refractivity contribution in [1.29, 1.82) is 0 Å². The molecule has 6 nitrogen and oxygen atoms in total. The molecular weight excluding hydrogens is 294 g/mol. The fraction of sp³-hybridized carbons (Fsp3) is 0.300. The lowest BCUT2D eigenvalue weighted by molar-refractivity contribution is -0.385. The average Bonchev–Trinajstić information content (AvgIpc) is 2.28. The van der Waals surface area contributed by atoms with Gasteiger partial charge in [-0.25, -0.2) is 4.79 Å². The zero-order valence-electron chi connectivity index (χ0n) is 9.23. The Bertz CT molecular complexity index is 460. The van der Waals surface area contributed by atoms with Gasteiger partial charge in [0.1, 0.15) is 0 Å². The van der Waals surface area contributed by atoms with Gasteiger partial charge in [0.05, 0.1) is 28.7 Å². The van der Waals surface area contributed by atoms with Crippen molar-refractivity contribution in [2.24, 2.45) is 0 Å². The molecule has 0 fully saturated rings. The van der Waals surface area contributed by atoms with E-state index in [-0.39, 0.29) is 28.1 Å². The Balaban J connectivity index is 3.29. The highest BCUT2D eigenvalue weighted by Crippen LogP contribution is 2.37. The van der Waals surface area contributed by atoms with E-state index in [0.717, 1.165) is 0 Å². The first kappa shape index (κ1) is 13.4. The quantitative estimate of drug-likeness (QED) is 0.485. The lowest BCUT2D eigenvalue weighted by atomic mass is 10.2. The average molecular weight is 304 g/mol. The normalized spacial score (nSPS) is 9.82. The van der Waals surface area contributed by atoms with Crippen molar-refractivity contribution >= 4 is 27.6 Å². The largest absolute Gasteiger partial charge is 0.489 e. The summed E-state index contributed by atoms with van der Waals surface area (Å²) in [4.78, 5) is 21.7. The molecule has 0 spiro atoms. The predicted molar refractivity (Wildman–Crippen MR) is 63.3 cm³/mol. The van der Waals surface area contributed by atoms with Crippen LogP contribution in [0.3, 0.4) is 0 Å². The predicted octanol–water partition coefficient (Wildman–Crippen LogP) is 2.54. The Kier molecular flexibility index (Phi) is 4.45. The summed E-state index contributed by atoms with van der Waals surface area (Å²) in [6.07, 6.45) is 0. The summed E-state index contributed by atoms with van der Waals surface area (Å²) in [5.41, 5.74) is -0.0262. The molecule has 0 saturated heterocycles. The number of hydrogen-bond donors (Lipinski definition) is 0. The number of nitrogens with zero attached hydrogens (tertiary/aromatic N) is 1. The van der Waals surface area contributed by atoms with Gasteiger partial charge >= 0.3 is 11.7 Å². The molecule has 0 unspecified atom stereocenters. The van der Waals surface area contributed by atoms with Crippen LogP contribution < -0.4 is 4.74 Å². The smallest absolute Gasteiger partial charge is 0.339 e. The van der Waals surface area contributed by atoms with Crippen LogP contribution in [-0.4, -0.2) is 24.6 Å². The first-order chi connectivity index (χ1) is 8.02. The van der Waals surface area contributed by atoms with Crippen LogP contribution in [0.4, 0.5) is 5.69 Å². The minimum atomic E-state index is -0.585. The Morgan fingerprint density at radius 3 is 2.65 bits per heavy atom. The monoisotopic (exact) mass is 303 g/mol. The molecule has 0 bridgehead atoms. The van der Waals surface area contributed by atoms with Gasteiger partial charge in [-0.15, -0.1) is 0 Å². The third-order valence-corrected chi connectivity index (χ3v) is 2.76. The molecule has 92 valence electrons. The Hall–Kier alpha value is -1.63. The first-order valence-corrected chi connectivity index (χ1v) is 5.50. The van der Waals surface area contributed by atoms with Crippen LogP contribution in [0.5, 0.6) is 5.75 Å². The van der Waals surface area contributed by atoms with Crippen LogP contribution in [0.1, 0.15) is 17.3 Å². The van der Waals surface area contributed by atoms with Crippen LogP contribution in [0, 0.1) is 10.1 Å². The lowest BCUT2D eigenvalue weighted by Gasteiger charge is -2.08. The summed E-state index contributed by atoms with van der Waals surface area (Å²) in [6, 6.07) is 2.53. The van der Waals surface area contributed by atoms with Gasteiger partial charge in [0.25, 0.3) is 0 Å². The van der Waals surface area contributed by atoms with Crippen molar-refractivity contribution in [3.05, 3.63) is 32.3 Å². The van der Waals surface area contributed by atoms with Crippen LogP contribution >= 0.6 is 15.9 Å². The Labute approximate surface area is 106 Å². The topological polar surface area (TPSA) is 78.7 Å². The highest BCUT2D eigenvalue weighted by Gasteiger charge is 2.23. The van der Waals surface area contributed by atoms with Crippen molar-refractivity contribution in [2.45, 2.75) is 6.92 Å². The standard InChI is InChI=1S/C10H10BrNO5/c1-3-17-10(13)6-4-5-7(12(14)15)9(16-2)8(6)11/h4-5H,3H2,1-2H3. The second kappa shape index (κ2) is 5.62. The number of carbonyl (C=O) groups is 1. The molecule has 1 rings (SSSR count). The van der Waals surface area contributed by atoms with Crippen molar-refractivity contribution < 1.29 is 19.2 Å². The minimum absolute atomic E-state index is 0.000512. The molecule has 0 radical (unpaired) electrons. The van der Waals surface area contributed by atoms with Gasteiger partial charge in [-0.3, -0.25) is 10.1 Å². The number of carbonyl (C=O) groups excluding carboxylic acids is 1. The maximum Gasteiger partial charge on any atom is 0.339 e. The van der Waals surface area contributed by atoms with E-state index in [0.29, 0.717) is 0 Å². The number of hydrogen-bond acceptors (Lipinski definition) is 5. The highest BCUT2D eigenvalue weighted by molar-refractivity contribution is 9.10. The summed E-state index contributed by atoms with van der Waals surface area (Å²) >= 11 is 3.10. The van der Waals surface area contributed by atoms with E-state index < -0.39 is 10.9 Å². The van der Waals surface area contributed by atoms with E-state index >= 15 is 0 Å². The van der Waals surface area contributed by atoms with Crippen LogP contribution in [0.15, 0.2) is 16.6 Å². The molecule has 1 aromatic carbocycles. The molecule has 0 atom stereocenters. The summed E-state index contributed by atoms with van der Waals surface area (Å²) in [5.74, 6) is -0.562. The number of halogens is 1. The van der Waals surface area contributed by atoms with Gasteiger partial charge in [-0.2, -0.15) is 0 Å². The van der Waals surface area contributed by atoms with Crippen LogP contribution in [0.2, 0.25) is 0 Å². The van der Waals surface area contributed by atoms with Crippen molar-refractivity contribution in [1.82, 2.24) is 0 Å². The molecular formula is C10H10BrNO5. The molecule has 17 heavy (non-hydrogen) atoms. The van der Waals surface area contributed by atoms with Gasteiger partial charge in [0, 0.05) is 6.07 Å². The van der Waals surface area contributed by atoms with E-state index in [1.807, 2.05) is 0 Å². The summed E-state index contributed by atoms with van der Waals surface area (Å²) in [5, 5.41) is 10.7. The summed E-state index contributed by atoms with van der Waals surface area (Å²) < 4.78 is 9.94. The van der Waals surface area contributed by atoms with E-state index in [4.69, 9.17) is 9.47 Å².